The van der Waals surface area contributed by atoms with Crippen molar-refractivity contribution in [3.63, 3.8) is 0 Å². The largest absolute Gasteiger partial charge is 0.446 e. The minimum absolute atomic E-state index is 0.291. The number of carbonyl (C=O) groups is 2. The molecule has 1 N–H and O–H groups in total. The van der Waals surface area contributed by atoms with Gasteiger partial charge in [-0.1, -0.05) is 0 Å². The number of hydrazine groups is 1. The van der Waals surface area contributed by atoms with Gasteiger partial charge < -0.3 is 4.74 Å². The molecule has 16 heavy (non-hydrogen) atoms. The summed E-state index contributed by atoms with van der Waals surface area (Å²) in [7, 11) is 0. The third-order valence-corrected chi connectivity index (χ3v) is 3.94. The van der Waals surface area contributed by atoms with Crippen LogP contribution >= 0.6 is 27.3 Å². The molecule has 1 aliphatic heterocycles. The maximum atomic E-state index is 11.7. The molecule has 2 rings (SSSR count). The number of amides is 2. The zero-order chi connectivity index (χ0) is 11.7. The molecule has 0 aliphatic carbocycles. The van der Waals surface area contributed by atoms with Gasteiger partial charge in [0.2, 0.25) is 0 Å². The van der Waals surface area contributed by atoms with Gasteiger partial charge in [-0.3, -0.25) is 10.2 Å². The number of nitrogens with zero attached hydrogens (tertiary/aromatic N) is 2. The van der Waals surface area contributed by atoms with Crippen LogP contribution < -0.4 is 5.43 Å². The Kier molecular flexibility index (Phi) is 3.10. The molecule has 8 heteroatoms. The zero-order valence-electron chi connectivity index (χ0n) is 8.32. The Bertz CT molecular complexity index is 428. The second-order valence-corrected chi connectivity index (χ2v) is 5.40. The minimum atomic E-state index is -0.541. The SMILES string of the molecule is Cc1nc(C(=O)NN2CCOC2=O)sc1Br. The molecule has 1 aromatic rings. The smallest absolute Gasteiger partial charge is 0.428 e. The Hall–Kier alpha value is -1.15. The van der Waals surface area contributed by atoms with Gasteiger partial charge in [0.25, 0.3) is 5.91 Å². The first-order chi connectivity index (χ1) is 7.58. The Morgan fingerprint density at radius 1 is 1.69 bits per heavy atom. The van der Waals surface area contributed by atoms with E-state index in [2.05, 4.69) is 31.1 Å². The van der Waals surface area contributed by atoms with Gasteiger partial charge in [0.1, 0.15) is 6.61 Å². The maximum Gasteiger partial charge on any atom is 0.428 e. The number of halogens is 1. The highest BCUT2D eigenvalue weighted by atomic mass is 79.9. The van der Waals surface area contributed by atoms with E-state index >= 15 is 0 Å². The lowest BCUT2D eigenvalue weighted by atomic mass is 10.5. The normalized spacial score (nSPS) is 15.1. The average Bonchev–Trinajstić information content (AvgIpc) is 2.76. The Morgan fingerprint density at radius 2 is 2.44 bits per heavy atom. The number of rotatable bonds is 2. The molecule has 86 valence electrons. The number of ether oxygens (including phenoxy) is 1. The molecule has 6 nitrogen and oxygen atoms in total. The van der Waals surface area contributed by atoms with Gasteiger partial charge in [-0.2, -0.15) is 0 Å². The van der Waals surface area contributed by atoms with Crippen molar-refractivity contribution in [2.24, 2.45) is 0 Å². The van der Waals surface area contributed by atoms with Crippen LogP contribution in [0.4, 0.5) is 4.79 Å². The van der Waals surface area contributed by atoms with Gasteiger partial charge >= 0.3 is 6.09 Å². The van der Waals surface area contributed by atoms with Gasteiger partial charge in [-0.15, -0.1) is 11.3 Å². The van der Waals surface area contributed by atoms with Crippen molar-refractivity contribution in [1.82, 2.24) is 15.4 Å². The molecule has 0 aromatic carbocycles. The molecular weight excluding hydrogens is 298 g/mol. The highest BCUT2D eigenvalue weighted by Gasteiger charge is 2.25. The van der Waals surface area contributed by atoms with Gasteiger partial charge in [0.05, 0.1) is 16.0 Å². The van der Waals surface area contributed by atoms with E-state index in [1.54, 1.807) is 6.92 Å². The van der Waals surface area contributed by atoms with Crippen molar-refractivity contribution >= 4 is 39.3 Å². The molecule has 1 aromatic heterocycles. The van der Waals surface area contributed by atoms with E-state index in [9.17, 15) is 9.59 Å². The molecule has 1 aliphatic rings. The van der Waals surface area contributed by atoms with Crippen molar-refractivity contribution in [3.05, 3.63) is 14.5 Å². The lowest BCUT2D eigenvalue weighted by Gasteiger charge is -2.12. The van der Waals surface area contributed by atoms with Crippen molar-refractivity contribution in [1.29, 1.82) is 0 Å². The fourth-order valence-electron chi connectivity index (χ4n) is 1.14. The Morgan fingerprint density at radius 3 is 2.94 bits per heavy atom. The number of aryl methyl sites for hydroxylation is 1. The van der Waals surface area contributed by atoms with Crippen LogP contribution in [0.15, 0.2) is 3.79 Å². The average molecular weight is 306 g/mol. The summed E-state index contributed by atoms with van der Waals surface area (Å²) in [5.74, 6) is -0.405. The van der Waals surface area contributed by atoms with Crippen LogP contribution in [0.2, 0.25) is 0 Å². The molecule has 0 radical (unpaired) electrons. The van der Waals surface area contributed by atoms with Crippen LogP contribution in [0.3, 0.4) is 0 Å². The second-order valence-electron chi connectivity index (χ2n) is 3.09. The lowest BCUT2D eigenvalue weighted by Crippen LogP contribution is -2.42. The summed E-state index contributed by atoms with van der Waals surface area (Å²) in [6, 6.07) is 0. The van der Waals surface area contributed by atoms with Crippen LogP contribution in [0, 0.1) is 6.92 Å². The summed E-state index contributed by atoms with van der Waals surface area (Å²) >= 11 is 4.50. The van der Waals surface area contributed by atoms with Crippen LogP contribution in [-0.4, -0.2) is 35.1 Å². The number of hydrogen-bond donors (Lipinski definition) is 1. The number of carbonyl (C=O) groups excluding carboxylic acids is 2. The van der Waals surface area contributed by atoms with Crippen molar-refractivity contribution in [2.45, 2.75) is 6.92 Å². The summed E-state index contributed by atoms with van der Waals surface area (Å²) in [6.07, 6.45) is -0.541. The van der Waals surface area contributed by atoms with E-state index in [0.717, 1.165) is 14.5 Å². The maximum absolute atomic E-state index is 11.7. The quantitative estimate of drug-likeness (QED) is 0.894. The molecule has 0 saturated carbocycles. The van der Waals surface area contributed by atoms with Gasteiger partial charge in [0.15, 0.2) is 5.01 Å². The van der Waals surface area contributed by atoms with E-state index in [4.69, 9.17) is 0 Å². The monoisotopic (exact) mass is 305 g/mol. The highest BCUT2D eigenvalue weighted by Crippen LogP contribution is 2.23. The molecule has 1 fully saturated rings. The number of cyclic esters (lactones) is 1. The van der Waals surface area contributed by atoms with E-state index in [1.807, 2.05) is 0 Å². The summed E-state index contributed by atoms with van der Waals surface area (Å²) in [4.78, 5) is 26.8. The zero-order valence-corrected chi connectivity index (χ0v) is 10.7. The van der Waals surface area contributed by atoms with Crippen LogP contribution in [0.25, 0.3) is 0 Å². The minimum Gasteiger partial charge on any atom is -0.446 e. The third-order valence-electron chi connectivity index (χ3n) is 1.93. The van der Waals surface area contributed by atoms with Crippen LogP contribution in [0.1, 0.15) is 15.5 Å². The summed E-state index contributed by atoms with van der Waals surface area (Å²) in [5.41, 5.74) is 3.18. The Balaban J connectivity index is 2.05. The van der Waals surface area contributed by atoms with Crippen molar-refractivity contribution in [3.8, 4) is 0 Å². The highest BCUT2D eigenvalue weighted by molar-refractivity contribution is 9.11. The molecule has 0 unspecified atom stereocenters. The van der Waals surface area contributed by atoms with Crippen molar-refractivity contribution in [2.75, 3.05) is 13.2 Å². The first-order valence-corrected chi connectivity index (χ1v) is 6.07. The number of aromatic nitrogens is 1. The van der Waals surface area contributed by atoms with E-state index in [0.29, 0.717) is 18.2 Å². The Labute approximate surface area is 104 Å². The first-order valence-electron chi connectivity index (χ1n) is 4.46. The molecule has 0 atom stereocenters. The summed E-state index contributed by atoms with van der Waals surface area (Å²) in [5, 5.41) is 1.44. The lowest BCUT2D eigenvalue weighted by molar-refractivity contribution is 0.0831. The standard InChI is InChI=1S/C8H8BrN3O3S/c1-4-5(9)16-7(10-4)6(13)11-12-2-3-15-8(12)14/h2-3H2,1H3,(H,11,13). The number of nitrogens with one attached hydrogen (secondary N) is 1. The van der Waals surface area contributed by atoms with Crippen molar-refractivity contribution < 1.29 is 14.3 Å². The van der Waals surface area contributed by atoms with Crippen LogP contribution in [0.5, 0.6) is 0 Å². The number of hydrogen-bond acceptors (Lipinski definition) is 5. The summed E-state index contributed by atoms with van der Waals surface area (Å²) < 4.78 is 5.48. The van der Waals surface area contributed by atoms with Crippen LogP contribution in [-0.2, 0) is 4.74 Å². The summed E-state index contributed by atoms with van der Waals surface area (Å²) in [6.45, 7) is 2.44. The van der Waals surface area contributed by atoms with Gasteiger partial charge in [-0.05, 0) is 22.9 Å². The third kappa shape index (κ3) is 2.17. The fourth-order valence-corrected chi connectivity index (χ4v) is 2.37. The van der Waals surface area contributed by atoms with Gasteiger partial charge in [0, 0.05) is 0 Å². The van der Waals surface area contributed by atoms with E-state index in [1.165, 1.54) is 11.3 Å². The number of thiazole rings is 1. The molecular formula is C8H8BrN3O3S. The van der Waals surface area contributed by atoms with Gasteiger partial charge in [-0.25, -0.2) is 14.8 Å². The van der Waals surface area contributed by atoms with E-state index < -0.39 is 12.0 Å². The second kappa shape index (κ2) is 4.38. The molecule has 2 heterocycles. The molecule has 0 spiro atoms. The fraction of sp³-hybridized carbons (Fsp3) is 0.375. The predicted octanol–water partition coefficient (Wildman–Crippen LogP) is 1.31. The predicted molar refractivity (Wildman–Crippen MR) is 60.1 cm³/mol. The molecule has 2 amide bonds. The molecule has 0 bridgehead atoms. The molecule has 1 saturated heterocycles. The van der Waals surface area contributed by atoms with E-state index in [-0.39, 0.29) is 0 Å². The topological polar surface area (TPSA) is 71.5 Å². The first kappa shape index (κ1) is 11.3.